The van der Waals surface area contributed by atoms with Crippen LogP contribution < -0.4 is 5.56 Å². The third-order valence-electron chi connectivity index (χ3n) is 3.94. The number of H-pyrrole nitrogens is 1. The van der Waals surface area contributed by atoms with Gasteiger partial charge in [-0.2, -0.15) is 4.98 Å². The fourth-order valence-electron chi connectivity index (χ4n) is 2.97. The Morgan fingerprint density at radius 3 is 2.55 bits per heavy atom. The number of aromatic hydroxyl groups is 1. The Morgan fingerprint density at radius 1 is 1.40 bits per heavy atom. The summed E-state index contributed by atoms with van der Waals surface area (Å²) in [5.74, 6) is 0.617. The number of hydrogen-bond donors (Lipinski definition) is 2. The molecule has 2 rings (SSSR count). The van der Waals surface area contributed by atoms with Crippen molar-refractivity contribution in [1.82, 2.24) is 9.97 Å². The van der Waals surface area contributed by atoms with Gasteiger partial charge in [-0.3, -0.25) is 4.79 Å². The molecule has 0 aromatic carbocycles. The Kier molecular flexibility index (Phi) is 4.81. The Balaban J connectivity index is 2.36. The molecule has 0 spiro atoms. The summed E-state index contributed by atoms with van der Waals surface area (Å²) in [5.41, 5.74) is 0.231. The molecule has 0 aliphatic heterocycles. The molecule has 1 atom stereocenters. The summed E-state index contributed by atoms with van der Waals surface area (Å²) in [7, 11) is 0. The van der Waals surface area contributed by atoms with Gasteiger partial charge >= 0.3 is 0 Å². The van der Waals surface area contributed by atoms with E-state index >= 15 is 0 Å². The first-order chi connectivity index (χ1) is 9.54. The summed E-state index contributed by atoms with van der Waals surface area (Å²) in [5, 5.41) is 10.1. The predicted molar refractivity (Wildman–Crippen MR) is 76.9 cm³/mol. The summed E-state index contributed by atoms with van der Waals surface area (Å²) in [6.45, 7) is 6.45. The van der Waals surface area contributed by atoms with Crippen molar-refractivity contribution in [2.45, 2.75) is 58.5 Å². The van der Waals surface area contributed by atoms with Gasteiger partial charge in [0, 0.05) is 6.61 Å². The van der Waals surface area contributed by atoms with Gasteiger partial charge in [0.2, 0.25) is 5.88 Å². The molecular formula is C15H24N2O3. The lowest BCUT2D eigenvalue weighted by atomic mass is 9.99. The van der Waals surface area contributed by atoms with Crippen LogP contribution in [0.3, 0.4) is 0 Å². The van der Waals surface area contributed by atoms with E-state index in [4.69, 9.17) is 4.74 Å². The normalized spacial score (nSPS) is 17.8. The molecule has 1 aliphatic carbocycles. The first-order valence-electron chi connectivity index (χ1n) is 7.49. The minimum atomic E-state index is -0.295. The standard InChI is InChI=1S/C15H24N2O3/c1-4-20-12(9(2)3)13-16-14(18)11(15(19)17-13)10-7-5-6-8-10/h9-10,12H,4-8H2,1-3H3,(H2,16,17,18,19). The molecule has 1 heterocycles. The Morgan fingerprint density at radius 2 is 2.05 bits per heavy atom. The molecule has 0 radical (unpaired) electrons. The SMILES string of the molecule is CCOC(c1nc(O)c(C2CCCC2)c(=O)[nH]1)C(C)C. The van der Waals surface area contributed by atoms with Crippen molar-refractivity contribution in [2.75, 3.05) is 6.61 Å². The quantitative estimate of drug-likeness (QED) is 0.869. The van der Waals surface area contributed by atoms with E-state index in [1.165, 1.54) is 0 Å². The molecule has 0 saturated heterocycles. The van der Waals surface area contributed by atoms with E-state index in [9.17, 15) is 9.90 Å². The molecule has 1 aliphatic rings. The minimum Gasteiger partial charge on any atom is -0.493 e. The molecule has 112 valence electrons. The van der Waals surface area contributed by atoms with Gasteiger partial charge in [0.05, 0.1) is 5.56 Å². The van der Waals surface area contributed by atoms with Crippen molar-refractivity contribution in [3.05, 3.63) is 21.7 Å². The molecule has 1 aromatic rings. The first-order valence-corrected chi connectivity index (χ1v) is 7.49. The smallest absolute Gasteiger partial charge is 0.258 e. The molecule has 5 heteroatoms. The van der Waals surface area contributed by atoms with E-state index in [0.717, 1.165) is 25.7 Å². The molecule has 1 saturated carbocycles. The van der Waals surface area contributed by atoms with Crippen LogP contribution in [0.1, 0.15) is 69.9 Å². The second kappa shape index (κ2) is 6.39. The molecule has 20 heavy (non-hydrogen) atoms. The molecular weight excluding hydrogens is 256 g/mol. The van der Waals surface area contributed by atoms with Crippen molar-refractivity contribution in [3.63, 3.8) is 0 Å². The van der Waals surface area contributed by atoms with Gasteiger partial charge < -0.3 is 14.8 Å². The number of hydrogen-bond acceptors (Lipinski definition) is 4. The fraction of sp³-hybridized carbons (Fsp3) is 0.733. The van der Waals surface area contributed by atoms with Crippen LogP contribution >= 0.6 is 0 Å². The fourth-order valence-corrected chi connectivity index (χ4v) is 2.97. The van der Waals surface area contributed by atoms with Crippen LogP contribution in [0.2, 0.25) is 0 Å². The monoisotopic (exact) mass is 280 g/mol. The summed E-state index contributed by atoms with van der Waals surface area (Å²) < 4.78 is 5.62. The highest BCUT2D eigenvalue weighted by atomic mass is 16.5. The van der Waals surface area contributed by atoms with Crippen molar-refractivity contribution in [1.29, 1.82) is 0 Å². The highest BCUT2D eigenvalue weighted by Crippen LogP contribution is 2.36. The third kappa shape index (κ3) is 3.03. The van der Waals surface area contributed by atoms with Crippen molar-refractivity contribution >= 4 is 0 Å². The number of ether oxygens (including phenoxy) is 1. The van der Waals surface area contributed by atoms with Gasteiger partial charge in [0.1, 0.15) is 11.9 Å². The maximum atomic E-state index is 12.3. The van der Waals surface area contributed by atoms with Crippen LogP contribution in [0.5, 0.6) is 5.88 Å². The molecule has 1 fully saturated rings. The zero-order valence-electron chi connectivity index (χ0n) is 12.5. The molecule has 1 aromatic heterocycles. The van der Waals surface area contributed by atoms with Crippen molar-refractivity contribution < 1.29 is 9.84 Å². The molecule has 0 amide bonds. The highest BCUT2D eigenvalue weighted by molar-refractivity contribution is 5.27. The topological polar surface area (TPSA) is 75.2 Å². The van der Waals surface area contributed by atoms with Gasteiger partial charge in [-0.15, -0.1) is 0 Å². The maximum Gasteiger partial charge on any atom is 0.258 e. The van der Waals surface area contributed by atoms with Gasteiger partial charge in [-0.1, -0.05) is 26.7 Å². The molecule has 2 N–H and O–H groups in total. The van der Waals surface area contributed by atoms with Crippen molar-refractivity contribution in [2.24, 2.45) is 5.92 Å². The van der Waals surface area contributed by atoms with Crippen LogP contribution in [0.15, 0.2) is 4.79 Å². The number of nitrogens with one attached hydrogen (secondary N) is 1. The summed E-state index contributed by atoms with van der Waals surface area (Å²) in [6, 6.07) is 0. The highest BCUT2D eigenvalue weighted by Gasteiger charge is 2.27. The second-order valence-electron chi connectivity index (χ2n) is 5.79. The summed E-state index contributed by atoms with van der Waals surface area (Å²) in [6.07, 6.45) is 3.83. The van der Waals surface area contributed by atoms with Gasteiger partial charge in [-0.25, -0.2) is 0 Å². The second-order valence-corrected chi connectivity index (χ2v) is 5.79. The lowest BCUT2D eigenvalue weighted by molar-refractivity contribution is 0.0225. The number of nitrogens with zero attached hydrogens (tertiary/aromatic N) is 1. The lowest BCUT2D eigenvalue weighted by Crippen LogP contribution is -2.23. The Bertz CT molecular complexity index is 504. The van der Waals surface area contributed by atoms with E-state index in [0.29, 0.717) is 18.0 Å². The van der Waals surface area contributed by atoms with Crippen LogP contribution in [-0.4, -0.2) is 21.7 Å². The van der Waals surface area contributed by atoms with Crippen molar-refractivity contribution in [3.8, 4) is 5.88 Å². The Labute approximate surface area is 119 Å². The predicted octanol–water partition coefficient (Wildman–Crippen LogP) is 2.87. The largest absolute Gasteiger partial charge is 0.493 e. The van der Waals surface area contributed by atoms with E-state index < -0.39 is 0 Å². The van der Waals surface area contributed by atoms with E-state index in [1.807, 2.05) is 20.8 Å². The number of aromatic amines is 1. The first kappa shape index (κ1) is 15.0. The molecule has 0 bridgehead atoms. The van der Waals surface area contributed by atoms with Gasteiger partial charge in [0.15, 0.2) is 0 Å². The van der Waals surface area contributed by atoms with Crippen LogP contribution in [0.4, 0.5) is 0 Å². The average molecular weight is 280 g/mol. The van der Waals surface area contributed by atoms with Gasteiger partial charge in [-0.05, 0) is 31.6 Å². The zero-order valence-corrected chi connectivity index (χ0v) is 12.5. The van der Waals surface area contributed by atoms with Crippen LogP contribution in [0.25, 0.3) is 0 Å². The zero-order chi connectivity index (χ0) is 14.7. The van der Waals surface area contributed by atoms with E-state index in [1.54, 1.807) is 0 Å². The Hall–Kier alpha value is -1.36. The van der Waals surface area contributed by atoms with E-state index in [2.05, 4.69) is 9.97 Å². The summed E-state index contributed by atoms with van der Waals surface area (Å²) >= 11 is 0. The minimum absolute atomic E-state index is 0.124. The maximum absolute atomic E-state index is 12.3. The molecule has 1 unspecified atom stereocenters. The van der Waals surface area contributed by atoms with Gasteiger partial charge in [0.25, 0.3) is 5.56 Å². The molecule has 5 nitrogen and oxygen atoms in total. The average Bonchev–Trinajstić information content (AvgIpc) is 2.88. The third-order valence-corrected chi connectivity index (χ3v) is 3.94. The summed E-state index contributed by atoms with van der Waals surface area (Å²) in [4.78, 5) is 19.3. The number of aromatic nitrogens is 2. The van der Waals surface area contributed by atoms with Crippen LogP contribution in [0, 0.1) is 5.92 Å². The lowest BCUT2D eigenvalue weighted by Gasteiger charge is -2.20. The van der Waals surface area contributed by atoms with Crippen LogP contribution in [-0.2, 0) is 4.74 Å². The number of rotatable bonds is 5. The van der Waals surface area contributed by atoms with E-state index in [-0.39, 0.29) is 29.4 Å².